The molecule has 1 N–H and O–H groups in total. The number of hydrogen-bond donors (Lipinski definition) is 1. The zero-order valence-electron chi connectivity index (χ0n) is 13.4. The van der Waals surface area contributed by atoms with Crippen LogP contribution in [0.4, 0.5) is 0 Å². The summed E-state index contributed by atoms with van der Waals surface area (Å²) in [6, 6.07) is -0.0989. The van der Waals surface area contributed by atoms with Crippen molar-refractivity contribution in [1.29, 1.82) is 0 Å². The highest BCUT2D eigenvalue weighted by molar-refractivity contribution is 5.82. The first kappa shape index (κ1) is 15.4. The summed E-state index contributed by atoms with van der Waals surface area (Å²) < 4.78 is 5.49. The number of methoxy groups -OCH3 is 1. The summed E-state index contributed by atoms with van der Waals surface area (Å²) in [6.45, 7) is 5.20. The van der Waals surface area contributed by atoms with Crippen LogP contribution >= 0.6 is 0 Å². The van der Waals surface area contributed by atoms with E-state index in [-0.39, 0.29) is 18.1 Å². The van der Waals surface area contributed by atoms with E-state index >= 15 is 0 Å². The smallest absolute Gasteiger partial charge is 0.240 e. The molecule has 0 saturated carbocycles. The van der Waals surface area contributed by atoms with Crippen molar-refractivity contribution in [2.75, 3.05) is 26.7 Å². The number of aryl methyl sites for hydroxylation is 1. The van der Waals surface area contributed by atoms with E-state index in [4.69, 9.17) is 4.74 Å². The molecule has 1 aromatic heterocycles. The van der Waals surface area contributed by atoms with Crippen LogP contribution in [-0.4, -0.2) is 69.8 Å². The van der Waals surface area contributed by atoms with E-state index in [2.05, 4.69) is 20.1 Å². The lowest BCUT2D eigenvalue weighted by Crippen LogP contribution is -2.44. The minimum Gasteiger partial charge on any atom is -0.380 e. The van der Waals surface area contributed by atoms with Gasteiger partial charge in [0.2, 0.25) is 5.91 Å². The first-order valence-corrected chi connectivity index (χ1v) is 8.17. The van der Waals surface area contributed by atoms with Crippen molar-refractivity contribution in [3.05, 3.63) is 11.6 Å². The second kappa shape index (κ2) is 6.75. The van der Waals surface area contributed by atoms with E-state index in [1.165, 1.54) is 0 Å². The highest BCUT2D eigenvalue weighted by atomic mass is 16.5. The van der Waals surface area contributed by atoms with Gasteiger partial charge in [-0.1, -0.05) is 6.92 Å². The lowest BCUT2D eigenvalue weighted by atomic mass is 10.1. The Morgan fingerprint density at radius 1 is 1.41 bits per heavy atom. The summed E-state index contributed by atoms with van der Waals surface area (Å²) in [6.07, 6.45) is 3.93. The SMILES string of the molecule is CCc1n[nH]c(CN2C[C@@H](OC)C[C@H]2C(=O)N2CCCC2)n1. The maximum absolute atomic E-state index is 12.8. The molecule has 22 heavy (non-hydrogen) atoms. The van der Waals surface area contributed by atoms with E-state index in [1.807, 2.05) is 11.8 Å². The molecule has 0 aromatic carbocycles. The van der Waals surface area contributed by atoms with Gasteiger partial charge in [-0.3, -0.25) is 14.8 Å². The summed E-state index contributed by atoms with van der Waals surface area (Å²) >= 11 is 0. The molecule has 3 heterocycles. The third kappa shape index (κ3) is 3.15. The maximum atomic E-state index is 12.8. The van der Waals surface area contributed by atoms with Gasteiger partial charge in [-0.05, 0) is 19.3 Å². The van der Waals surface area contributed by atoms with Crippen LogP contribution in [0.1, 0.15) is 37.8 Å². The van der Waals surface area contributed by atoms with E-state index in [0.29, 0.717) is 6.54 Å². The fraction of sp³-hybridized carbons (Fsp3) is 0.800. The number of hydrogen-bond acceptors (Lipinski definition) is 5. The third-order valence-electron chi connectivity index (χ3n) is 4.65. The van der Waals surface area contributed by atoms with Crippen LogP contribution < -0.4 is 0 Å². The Morgan fingerprint density at radius 3 is 2.82 bits per heavy atom. The van der Waals surface area contributed by atoms with Gasteiger partial charge in [0.1, 0.15) is 11.6 Å². The number of nitrogens with zero attached hydrogens (tertiary/aromatic N) is 4. The summed E-state index contributed by atoms with van der Waals surface area (Å²) in [4.78, 5) is 21.4. The molecule has 0 bridgehead atoms. The molecule has 0 radical (unpaired) electrons. The molecule has 2 fully saturated rings. The molecule has 0 aliphatic carbocycles. The second-order valence-electron chi connectivity index (χ2n) is 6.12. The minimum atomic E-state index is -0.0989. The molecule has 7 heteroatoms. The van der Waals surface area contributed by atoms with Crippen molar-refractivity contribution in [1.82, 2.24) is 25.0 Å². The van der Waals surface area contributed by atoms with Crippen molar-refractivity contribution >= 4 is 5.91 Å². The molecular formula is C15H25N5O2. The summed E-state index contributed by atoms with van der Waals surface area (Å²) in [5.74, 6) is 1.89. The van der Waals surface area contributed by atoms with Crippen LogP contribution in [0.3, 0.4) is 0 Å². The van der Waals surface area contributed by atoms with E-state index in [1.54, 1.807) is 7.11 Å². The average molecular weight is 307 g/mol. The Labute approximate surface area is 131 Å². The topological polar surface area (TPSA) is 74.4 Å². The van der Waals surface area contributed by atoms with Gasteiger partial charge in [-0.15, -0.1) is 0 Å². The van der Waals surface area contributed by atoms with Crippen LogP contribution in [0, 0.1) is 0 Å². The Bertz CT molecular complexity index is 512. The molecule has 0 spiro atoms. The molecular weight excluding hydrogens is 282 g/mol. The normalized spacial score (nSPS) is 26.0. The lowest BCUT2D eigenvalue weighted by Gasteiger charge is -2.26. The van der Waals surface area contributed by atoms with Crippen molar-refractivity contribution in [2.24, 2.45) is 0 Å². The van der Waals surface area contributed by atoms with Crippen LogP contribution in [0.25, 0.3) is 0 Å². The van der Waals surface area contributed by atoms with Gasteiger partial charge in [0.25, 0.3) is 0 Å². The monoisotopic (exact) mass is 307 g/mol. The molecule has 2 atom stereocenters. The highest BCUT2D eigenvalue weighted by Gasteiger charge is 2.39. The molecule has 7 nitrogen and oxygen atoms in total. The van der Waals surface area contributed by atoms with Gasteiger partial charge in [0.15, 0.2) is 0 Å². The zero-order chi connectivity index (χ0) is 15.5. The molecule has 0 unspecified atom stereocenters. The summed E-state index contributed by atoms with van der Waals surface area (Å²) in [5, 5.41) is 7.15. The Kier molecular flexibility index (Phi) is 4.73. The lowest BCUT2D eigenvalue weighted by molar-refractivity contribution is -0.135. The molecule has 3 rings (SSSR count). The predicted molar refractivity (Wildman–Crippen MR) is 81.2 cm³/mol. The van der Waals surface area contributed by atoms with Crippen molar-refractivity contribution < 1.29 is 9.53 Å². The fourth-order valence-corrected chi connectivity index (χ4v) is 3.37. The largest absolute Gasteiger partial charge is 0.380 e. The van der Waals surface area contributed by atoms with E-state index in [0.717, 1.165) is 57.0 Å². The molecule has 2 saturated heterocycles. The number of nitrogens with one attached hydrogen (secondary N) is 1. The highest BCUT2D eigenvalue weighted by Crippen LogP contribution is 2.24. The molecule has 1 amide bonds. The first-order chi connectivity index (χ1) is 10.7. The minimum absolute atomic E-state index is 0.0989. The zero-order valence-corrected chi connectivity index (χ0v) is 13.4. The van der Waals surface area contributed by atoms with E-state index in [9.17, 15) is 4.79 Å². The molecule has 2 aliphatic rings. The standard InChI is InChI=1S/C15H25N5O2/c1-3-13-16-14(18-17-13)10-20-9-11(22-2)8-12(20)15(21)19-6-4-5-7-19/h11-12H,3-10H2,1-2H3,(H,16,17,18)/t11-,12-/m0/s1. The quantitative estimate of drug-likeness (QED) is 0.861. The Balaban J connectivity index is 1.69. The average Bonchev–Trinajstić information content (AvgIpc) is 3.27. The number of aromatic amines is 1. The van der Waals surface area contributed by atoms with Crippen molar-refractivity contribution in [3.63, 3.8) is 0 Å². The summed E-state index contributed by atoms with van der Waals surface area (Å²) in [7, 11) is 1.72. The Hall–Kier alpha value is -1.47. The molecule has 1 aromatic rings. The fourth-order valence-electron chi connectivity index (χ4n) is 3.37. The van der Waals surface area contributed by atoms with Gasteiger partial charge in [0.05, 0.1) is 18.7 Å². The van der Waals surface area contributed by atoms with Crippen LogP contribution in [0.2, 0.25) is 0 Å². The number of amides is 1. The van der Waals surface area contributed by atoms with Crippen molar-refractivity contribution in [3.8, 4) is 0 Å². The number of rotatable bonds is 5. The number of likely N-dealkylation sites (tertiary alicyclic amines) is 2. The molecule has 122 valence electrons. The Morgan fingerprint density at radius 2 is 2.18 bits per heavy atom. The second-order valence-corrected chi connectivity index (χ2v) is 6.12. The van der Waals surface area contributed by atoms with E-state index < -0.39 is 0 Å². The number of carbonyl (C=O) groups excluding carboxylic acids is 1. The van der Waals surface area contributed by atoms with Gasteiger partial charge < -0.3 is 9.64 Å². The predicted octanol–water partition coefficient (Wildman–Crippen LogP) is 0.579. The van der Waals surface area contributed by atoms with Gasteiger partial charge in [-0.2, -0.15) is 5.10 Å². The number of ether oxygens (including phenoxy) is 1. The van der Waals surface area contributed by atoms with Crippen molar-refractivity contribution in [2.45, 2.75) is 51.3 Å². The number of carbonyl (C=O) groups is 1. The molecule has 2 aliphatic heterocycles. The van der Waals surface area contributed by atoms with Gasteiger partial charge in [-0.25, -0.2) is 4.98 Å². The van der Waals surface area contributed by atoms with Crippen LogP contribution in [0.15, 0.2) is 0 Å². The number of H-pyrrole nitrogens is 1. The first-order valence-electron chi connectivity index (χ1n) is 8.17. The van der Waals surface area contributed by atoms with Crippen LogP contribution in [0.5, 0.6) is 0 Å². The van der Waals surface area contributed by atoms with Crippen LogP contribution in [-0.2, 0) is 22.5 Å². The number of aromatic nitrogens is 3. The summed E-state index contributed by atoms with van der Waals surface area (Å²) in [5.41, 5.74) is 0. The van der Waals surface area contributed by atoms with Gasteiger partial charge in [0, 0.05) is 33.2 Å². The van der Waals surface area contributed by atoms with Gasteiger partial charge >= 0.3 is 0 Å². The maximum Gasteiger partial charge on any atom is 0.240 e. The third-order valence-corrected chi connectivity index (χ3v) is 4.65.